The fourth-order valence-corrected chi connectivity index (χ4v) is 4.75. The van der Waals surface area contributed by atoms with Crippen LogP contribution in [0.15, 0.2) is 52.2 Å². The van der Waals surface area contributed by atoms with Crippen LogP contribution in [-0.2, 0) is 19.6 Å². The third kappa shape index (κ3) is 3.57. The number of methoxy groups -OCH3 is 1. The number of fused-ring (bicyclic) bond motifs is 3. The van der Waals surface area contributed by atoms with Crippen LogP contribution in [0.3, 0.4) is 0 Å². The van der Waals surface area contributed by atoms with Crippen molar-refractivity contribution in [3.05, 3.63) is 85.8 Å². The molecule has 1 saturated heterocycles. The topological polar surface area (TPSA) is 82.2 Å². The molecule has 0 N–H and O–H groups in total. The van der Waals surface area contributed by atoms with Crippen LogP contribution in [0.1, 0.15) is 28.4 Å². The van der Waals surface area contributed by atoms with Crippen LogP contribution in [0.5, 0.6) is 5.88 Å². The van der Waals surface area contributed by atoms with Gasteiger partial charge in [0.15, 0.2) is 0 Å². The van der Waals surface area contributed by atoms with Crippen molar-refractivity contribution < 1.29 is 4.74 Å². The predicted molar refractivity (Wildman–Crippen MR) is 115 cm³/mol. The van der Waals surface area contributed by atoms with Crippen molar-refractivity contribution in [3.63, 3.8) is 0 Å². The minimum Gasteiger partial charge on any atom is -0.481 e. The average Bonchev–Trinajstić information content (AvgIpc) is 3.32. The van der Waals surface area contributed by atoms with E-state index < -0.39 is 11.1 Å². The zero-order chi connectivity index (χ0) is 21.5. The second kappa shape index (κ2) is 7.77. The van der Waals surface area contributed by atoms with Crippen molar-refractivity contribution in [1.29, 1.82) is 0 Å². The van der Waals surface area contributed by atoms with Crippen molar-refractivity contribution >= 4 is 0 Å². The molecule has 0 bridgehead atoms. The number of hydrogen-bond donors (Lipinski definition) is 0. The highest BCUT2D eigenvalue weighted by molar-refractivity contribution is 5.26. The third-order valence-electron chi connectivity index (χ3n) is 6.32. The van der Waals surface area contributed by atoms with Gasteiger partial charge in [-0.05, 0) is 18.6 Å². The van der Waals surface area contributed by atoms with E-state index in [1.165, 1.54) is 4.68 Å². The van der Waals surface area contributed by atoms with Crippen molar-refractivity contribution in [2.75, 3.05) is 20.2 Å². The largest absolute Gasteiger partial charge is 0.481 e. The van der Waals surface area contributed by atoms with E-state index in [1.54, 1.807) is 17.9 Å². The summed E-state index contributed by atoms with van der Waals surface area (Å²) in [6.45, 7) is 5.24. The molecule has 1 fully saturated rings. The number of likely N-dealkylation sites (tertiary alicyclic amines) is 1. The molecule has 3 aromatic rings. The van der Waals surface area contributed by atoms with Crippen molar-refractivity contribution in [1.82, 2.24) is 24.2 Å². The lowest BCUT2D eigenvalue weighted by Gasteiger charge is -2.18. The molecule has 2 aliphatic heterocycles. The fourth-order valence-electron chi connectivity index (χ4n) is 4.75. The van der Waals surface area contributed by atoms with E-state index in [-0.39, 0.29) is 11.8 Å². The molecule has 8 heteroatoms. The molecule has 8 nitrogen and oxygen atoms in total. The molecule has 2 atom stereocenters. The number of aromatic nitrogens is 4. The molecular formula is C23H25N5O3. The Morgan fingerprint density at radius 1 is 1.03 bits per heavy atom. The van der Waals surface area contributed by atoms with Gasteiger partial charge in [-0.2, -0.15) is 5.10 Å². The molecule has 160 valence electrons. The molecule has 5 rings (SSSR count). The SMILES string of the molecule is COc1ncccc1CN1C[C@H]2Cn3c(nn(Cc4ccc(C)cc4)c(=O)c3=O)[C@H]2C1. The maximum absolute atomic E-state index is 12.8. The second-order valence-corrected chi connectivity index (χ2v) is 8.45. The number of pyridine rings is 1. The lowest BCUT2D eigenvalue weighted by molar-refractivity contribution is 0.294. The zero-order valence-electron chi connectivity index (χ0n) is 17.7. The Labute approximate surface area is 179 Å². The number of ether oxygens (including phenoxy) is 1. The highest BCUT2D eigenvalue weighted by Crippen LogP contribution is 2.38. The van der Waals surface area contributed by atoms with Crippen LogP contribution in [0, 0.1) is 12.8 Å². The van der Waals surface area contributed by atoms with Gasteiger partial charge in [0.05, 0.1) is 13.7 Å². The number of rotatable bonds is 5. The number of hydrogen-bond acceptors (Lipinski definition) is 6. The first-order valence-electron chi connectivity index (χ1n) is 10.5. The first-order valence-corrected chi connectivity index (χ1v) is 10.5. The quantitative estimate of drug-likeness (QED) is 0.582. The maximum Gasteiger partial charge on any atom is 0.332 e. The molecule has 0 saturated carbocycles. The molecule has 0 aliphatic carbocycles. The summed E-state index contributed by atoms with van der Waals surface area (Å²) in [5.41, 5.74) is 2.13. The van der Waals surface area contributed by atoms with Gasteiger partial charge in [-0.3, -0.25) is 19.1 Å². The smallest absolute Gasteiger partial charge is 0.332 e. The highest BCUT2D eigenvalue weighted by Gasteiger charge is 2.42. The van der Waals surface area contributed by atoms with Gasteiger partial charge in [0.25, 0.3) is 0 Å². The molecule has 4 heterocycles. The van der Waals surface area contributed by atoms with Crippen LogP contribution >= 0.6 is 0 Å². The predicted octanol–water partition coefficient (Wildman–Crippen LogP) is 1.39. The molecule has 1 aromatic carbocycles. The Morgan fingerprint density at radius 2 is 1.84 bits per heavy atom. The van der Waals surface area contributed by atoms with Gasteiger partial charge in [0.2, 0.25) is 5.88 Å². The third-order valence-corrected chi connectivity index (χ3v) is 6.32. The lowest BCUT2D eigenvalue weighted by Crippen LogP contribution is -2.44. The van der Waals surface area contributed by atoms with Gasteiger partial charge in [0.1, 0.15) is 5.82 Å². The van der Waals surface area contributed by atoms with Crippen molar-refractivity contribution in [3.8, 4) is 5.88 Å². The molecule has 0 radical (unpaired) electrons. The first kappa shape index (κ1) is 19.7. The molecule has 0 unspecified atom stereocenters. The standard InChI is InChI=1S/C23H25N5O3/c1-15-5-7-16(8-6-15)10-28-23(30)22(29)27-13-18-12-26(14-19(18)20(27)25-28)11-17-4-3-9-24-21(17)31-2/h3-9,18-19H,10-14H2,1-2H3/t18-,19-/m0/s1. The molecule has 2 aromatic heterocycles. The lowest BCUT2D eigenvalue weighted by atomic mass is 10.00. The van der Waals surface area contributed by atoms with Gasteiger partial charge in [-0.15, -0.1) is 0 Å². The average molecular weight is 419 g/mol. The van der Waals surface area contributed by atoms with Gasteiger partial charge >= 0.3 is 11.1 Å². The molecular weight excluding hydrogens is 394 g/mol. The normalized spacial score (nSPS) is 19.9. The fraction of sp³-hybridized carbons (Fsp3) is 0.391. The Kier molecular flexibility index (Phi) is 4.94. The maximum atomic E-state index is 12.8. The Balaban J connectivity index is 1.40. The summed E-state index contributed by atoms with van der Waals surface area (Å²) >= 11 is 0. The zero-order valence-corrected chi connectivity index (χ0v) is 17.7. The van der Waals surface area contributed by atoms with Crippen LogP contribution in [-0.4, -0.2) is 44.4 Å². The van der Waals surface area contributed by atoms with Crippen molar-refractivity contribution in [2.24, 2.45) is 5.92 Å². The minimum absolute atomic E-state index is 0.139. The Bertz CT molecular complexity index is 1230. The number of aryl methyl sites for hydroxylation is 1. The van der Waals surface area contributed by atoms with Gasteiger partial charge < -0.3 is 4.74 Å². The second-order valence-electron chi connectivity index (χ2n) is 8.45. The molecule has 2 aliphatic rings. The Hall–Kier alpha value is -3.26. The van der Waals surface area contributed by atoms with Gasteiger partial charge in [-0.25, -0.2) is 9.67 Å². The Morgan fingerprint density at radius 3 is 2.61 bits per heavy atom. The molecule has 31 heavy (non-hydrogen) atoms. The van der Waals surface area contributed by atoms with Crippen LogP contribution in [0.2, 0.25) is 0 Å². The van der Waals surface area contributed by atoms with E-state index in [4.69, 9.17) is 4.74 Å². The summed E-state index contributed by atoms with van der Waals surface area (Å²) in [5, 5.41) is 4.65. The summed E-state index contributed by atoms with van der Waals surface area (Å²) in [6, 6.07) is 11.9. The van der Waals surface area contributed by atoms with Crippen molar-refractivity contribution in [2.45, 2.75) is 32.5 Å². The van der Waals surface area contributed by atoms with E-state index in [9.17, 15) is 9.59 Å². The van der Waals surface area contributed by atoms with E-state index >= 15 is 0 Å². The molecule has 0 amide bonds. The first-order chi connectivity index (χ1) is 15.0. The van der Waals surface area contributed by atoms with Crippen LogP contribution in [0.4, 0.5) is 0 Å². The van der Waals surface area contributed by atoms with E-state index in [1.807, 2.05) is 43.3 Å². The van der Waals surface area contributed by atoms with Crippen LogP contribution < -0.4 is 15.9 Å². The van der Waals surface area contributed by atoms with Gasteiger partial charge in [0, 0.05) is 49.8 Å². The van der Waals surface area contributed by atoms with E-state index in [2.05, 4.69) is 15.0 Å². The van der Waals surface area contributed by atoms with Gasteiger partial charge in [-0.1, -0.05) is 35.9 Å². The highest BCUT2D eigenvalue weighted by atomic mass is 16.5. The summed E-state index contributed by atoms with van der Waals surface area (Å²) in [5.74, 6) is 1.78. The van der Waals surface area contributed by atoms with E-state index in [0.717, 1.165) is 42.1 Å². The summed E-state index contributed by atoms with van der Waals surface area (Å²) in [6.07, 6.45) is 1.72. The summed E-state index contributed by atoms with van der Waals surface area (Å²) in [4.78, 5) is 32.0. The summed E-state index contributed by atoms with van der Waals surface area (Å²) < 4.78 is 8.30. The molecule has 0 spiro atoms. The van der Waals surface area contributed by atoms with E-state index in [0.29, 0.717) is 19.0 Å². The monoisotopic (exact) mass is 419 g/mol. The number of nitrogens with zero attached hydrogens (tertiary/aromatic N) is 5. The number of benzene rings is 1. The summed E-state index contributed by atoms with van der Waals surface area (Å²) in [7, 11) is 1.63. The van der Waals surface area contributed by atoms with Crippen LogP contribution in [0.25, 0.3) is 0 Å². The minimum atomic E-state index is -0.554.